The molecule has 8 heteroatoms. The minimum atomic E-state index is -0.539. The zero-order chi connectivity index (χ0) is 25.5. The van der Waals surface area contributed by atoms with Crippen LogP contribution in [0.1, 0.15) is 27.2 Å². The predicted molar refractivity (Wildman–Crippen MR) is 136 cm³/mol. The molecule has 37 heavy (non-hydrogen) atoms. The van der Waals surface area contributed by atoms with Crippen molar-refractivity contribution < 1.29 is 13.6 Å². The maximum absolute atomic E-state index is 14.8. The second-order valence-corrected chi connectivity index (χ2v) is 10.1. The number of likely N-dealkylation sites (tertiary alicyclic amines) is 2. The molecule has 2 unspecified atom stereocenters. The average molecular weight is 501 g/mol. The molecule has 6 rings (SSSR count). The predicted octanol–water partition coefficient (Wildman–Crippen LogP) is 4.00. The quantitative estimate of drug-likeness (QED) is 0.450. The third-order valence-corrected chi connectivity index (χ3v) is 7.58. The van der Waals surface area contributed by atoms with Crippen molar-refractivity contribution >= 4 is 16.7 Å². The van der Waals surface area contributed by atoms with Crippen LogP contribution in [0.2, 0.25) is 0 Å². The van der Waals surface area contributed by atoms with Gasteiger partial charge >= 0.3 is 0 Å². The standard InChI is InChI=1S/C29H26F2N4O2/c30-22-8-5-18(6-9-22)13-34-14-20-16-35(17-21(20)15-34)29(37)25-11-19(7-10-26(25)31)12-27-23-3-1-2-4-24(23)28(36)33-32-27/h1-11,20-21H,12-17H2,(H,33,36). The first-order chi connectivity index (χ1) is 17.9. The van der Waals surface area contributed by atoms with Gasteiger partial charge in [-0.15, -0.1) is 0 Å². The third kappa shape index (κ3) is 4.64. The Kier molecular flexibility index (Phi) is 6.04. The molecule has 2 aliphatic heterocycles. The number of aromatic amines is 1. The largest absolute Gasteiger partial charge is 0.338 e. The third-order valence-electron chi connectivity index (χ3n) is 7.58. The lowest BCUT2D eigenvalue weighted by Crippen LogP contribution is -2.33. The van der Waals surface area contributed by atoms with Crippen molar-refractivity contribution in [1.29, 1.82) is 0 Å². The van der Waals surface area contributed by atoms with E-state index in [1.54, 1.807) is 41.3 Å². The highest BCUT2D eigenvalue weighted by Crippen LogP contribution is 2.33. The molecular weight excluding hydrogens is 474 g/mol. The molecule has 0 bridgehead atoms. The van der Waals surface area contributed by atoms with E-state index in [1.165, 1.54) is 18.2 Å². The summed E-state index contributed by atoms with van der Waals surface area (Å²) in [5, 5.41) is 8.01. The Morgan fingerprint density at radius 2 is 1.57 bits per heavy atom. The van der Waals surface area contributed by atoms with Gasteiger partial charge in [0, 0.05) is 44.5 Å². The van der Waals surface area contributed by atoms with Gasteiger partial charge in [0.1, 0.15) is 11.6 Å². The van der Waals surface area contributed by atoms with Crippen molar-refractivity contribution in [3.8, 4) is 0 Å². The summed E-state index contributed by atoms with van der Waals surface area (Å²) >= 11 is 0. The molecule has 1 aromatic heterocycles. The molecule has 6 nitrogen and oxygen atoms in total. The van der Waals surface area contributed by atoms with E-state index in [4.69, 9.17) is 0 Å². The molecule has 1 N–H and O–H groups in total. The van der Waals surface area contributed by atoms with Crippen LogP contribution in [0.15, 0.2) is 71.5 Å². The van der Waals surface area contributed by atoms with Gasteiger partial charge in [-0.2, -0.15) is 5.10 Å². The molecule has 0 spiro atoms. The Balaban J connectivity index is 1.15. The van der Waals surface area contributed by atoms with E-state index in [9.17, 15) is 18.4 Å². The summed E-state index contributed by atoms with van der Waals surface area (Å²) in [7, 11) is 0. The molecule has 188 valence electrons. The second kappa shape index (κ2) is 9.52. The van der Waals surface area contributed by atoms with Crippen molar-refractivity contribution in [2.75, 3.05) is 26.2 Å². The highest BCUT2D eigenvalue weighted by molar-refractivity contribution is 5.95. The van der Waals surface area contributed by atoms with E-state index in [2.05, 4.69) is 15.1 Å². The Labute approximate surface area is 212 Å². The zero-order valence-corrected chi connectivity index (χ0v) is 20.2. The highest BCUT2D eigenvalue weighted by atomic mass is 19.1. The van der Waals surface area contributed by atoms with Crippen molar-refractivity contribution in [3.63, 3.8) is 0 Å². The molecule has 3 aromatic carbocycles. The van der Waals surface area contributed by atoms with E-state index in [0.717, 1.165) is 36.1 Å². The van der Waals surface area contributed by atoms with Gasteiger partial charge < -0.3 is 4.90 Å². The fourth-order valence-electron chi connectivity index (χ4n) is 5.75. The van der Waals surface area contributed by atoms with Crippen LogP contribution >= 0.6 is 0 Å². The van der Waals surface area contributed by atoms with E-state index < -0.39 is 5.82 Å². The number of hydrogen-bond acceptors (Lipinski definition) is 4. The number of carbonyl (C=O) groups is 1. The normalized spacial score (nSPS) is 19.5. The maximum atomic E-state index is 14.8. The van der Waals surface area contributed by atoms with Crippen LogP contribution in [-0.4, -0.2) is 52.1 Å². The van der Waals surface area contributed by atoms with E-state index in [1.807, 2.05) is 12.1 Å². The number of halogens is 2. The summed E-state index contributed by atoms with van der Waals surface area (Å²) < 4.78 is 28.0. The fourth-order valence-corrected chi connectivity index (χ4v) is 5.75. The van der Waals surface area contributed by atoms with Gasteiger partial charge in [-0.1, -0.05) is 36.4 Å². The highest BCUT2D eigenvalue weighted by Gasteiger charge is 2.42. The van der Waals surface area contributed by atoms with Crippen LogP contribution in [0.4, 0.5) is 8.78 Å². The number of aromatic nitrogens is 2. The lowest BCUT2D eigenvalue weighted by atomic mass is 10.0. The Hall–Kier alpha value is -3.91. The number of nitrogens with zero attached hydrogens (tertiary/aromatic N) is 3. The topological polar surface area (TPSA) is 69.3 Å². The van der Waals surface area contributed by atoms with Gasteiger partial charge in [-0.05, 0) is 53.3 Å². The molecule has 2 saturated heterocycles. The Bertz CT molecular complexity index is 1520. The average Bonchev–Trinajstić information content (AvgIpc) is 3.47. The number of rotatable bonds is 5. The first-order valence-electron chi connectivity index (χ1n) is 12.5. The SMILES string of the molecule is O=C(c1cc(Cc2n[nH]c(=O)c3ccccc23)ccc1F)N1CC2CN(Cc3ccc(F)cc3)CC2C1. The van der Waals surface area contributed by atoms with E-state index >= 15 is 0 Å². The number of H-pyrrole nitrogens is 1. The number of fused-ring (bicyclic) bond motifs is 2. The number of carbonyl (C=O) groups excluding carboxylic acids is 1. The lowest BCUT2D eigenvalue weighted by molar-refractivity contribution is 0.0768. The minimum Gasteiger partial charge on any atom is -0.338 e. The number of hydrogen-bond donors (Lipinski definition) is 1. The summed E-state index contributed by atoms with van der Waals surface area (Å²) in [6.07, 6.45) is 0.363. The lowest BCUT2D eigenvalue weighted by Gasteiger charge is -2.22. The van der Waals surface area contributed by atoms with Crippen LogP contribution in [0.5, 0.6) is 0 Å². The van der Waals surface area contributed by atoms with Crippen molar-refractivity contribution in [2.24, 2.45) is 11.8 Å². The van der Waals surface area contributed by atoms with Crippen LogP contribution < -0.4 is 5.56 Å². The number of amides is 1. The van der Waals surface area contributed by atoms with Crippen molar-refractivity contribution in [2.45, 2.75) is 13.0 Å². The monoisotopic (exact) mass is 500 g/mol. The van der Waals surface area contributed by atoms with Crippen LogP contribution in [0.3, 0.4) is 0 Å². The molecule has 0 radical (unpaired) electrons. The summed E-state index contributed by atoms with van der Waals surface area (Å²) in [4.78, 5) is 29.5. The van der Waals surface area contributed by atoms with Gasteiger partial charge in [0.25, 0.3) is 11.5 Å². The molecule has 2 fully saturated rings. The van der Waals surface area contributed by atoms with Crippen LogP contribution in [-0.2, 0) is 13.0 Å². The van der Waals surface area contributed by atoms with Crippen molar-refractivity contribution in [1.82, 2.24) is 20.0 Å². The Morgan fingerprint density at radius 1 is 0.892 bits per heavy atom. The molecule has 1 amide bonds. The summed E-state index contributed by atoms with van der Waals surface area (Å²) in [5.41, 5.74) is 2.29. The zero-order valence-electron chi connectivity index (χ0n) is 20.2. The number of benzene rings is 3. The smallest absolute Gasteiger partial charge is 0.272 e. The molecule has 2 atom stereocenters. The first-order valence-corrected chi connectivity index (χ1v) is 12.5. The van der Waals surface area contributed by atoms with Gasteiger partial charge in [0.15, 0.2) is 0 Å². The molecule has 0 saturated carbocycles. The van der Waals surface area contributed by atoms with Gasteiger partial charge in [-0.25, -0.2) is 13.9 Å². The molecular formula is C29H26F2N4O2. The molecule has 2 aliphatic rings. The van der Waals surface area contributed by atoms with Crippen LogP contribution in [0, 0.1) is 23.5 Å². The molecule has 0 aliphatic carbocycles. The van der Waals surface area contributed by atoms with E-state index in [0.29, 0.717) is 42.4 Å². The van der Waals surface area contributed by atoms with Crippen molar-refractivity contribution in [3.05, 3.63) is 111 Å². The summed E-state index contributed by atoms with van der Waals surface area (Å²) in [6, 6.07) is 18.4. The van der Waals surface area contributed by atoms with Gasteiger partial charge in [-0.3, -0.25) is 14.5 Å². The summed E-state index contributed by atoms with van der Waals surface area (Å²) in [6.45, 7) is 3.67. The minimum absolute atomic E-state index is 0.0642. The molecule has 4 aromatic rings. The Morgan fingerprint density at radius 3 is 2.30 bits per heavy atom. The number of nitrogens with one attached hydrogen (secondary N) is 1. The van der Waals surface area contributed by atoms with E-state index in [-0.39, 0.29) is 22.8 Å². The fraction of sp³-hybridized carbons (Fsp3) is 0.276. The summed E-state index contributed by atoms with van der Waals surface area (Å²) in [5.74, 6) is -0.392. The first kappa shape index (κ1) is 23.5. The maximum Gasteiger partial charge on any atom is 0.272 e. The molecule has 3 heterocycles. The van der Waals surface area contributed by atoms with Gasteiger partial charge in [0.05, 0.1) is 16.6 Å². The van der Waals surface area contributed by atoms with Crippen LogP contribution in [0.25, 0.3) is 10.8 Å². The second-order valence-electron chi connectivity index (χ2n) is 10.1. The van der Waals surface area contributed by atoms with Gasteiger partial charge in [0.2, 0.25) is 0 Å².